The number of hydrogen-bond donors (Lipinski definition) is 1. The molecule has 0 saturated carbocycles. The maximum atomic E-state index is 5.98. The monoisotopic (exact) mass is 198 g/mol. The molecular formula is C13H14N2. The van der Waals surface area contributed by atoms with Crippen molar-refractivity contribution in [2.75, 3.05) is 0 Å². The van der Waals surface area contributed by atoms with E-state index in [4.69, 9.17) is 5.73 Å². The predicted molar refractivity (Wildman–Crippen MR) is 63.6 cm³/mol. The number of pyridine rings is 1. The molecule has 0 amide bonds. The van der Waals surface area contributed by atoms with E-state index in [2.05, 4.69) is 11.6 Å². The van der Waals surface area contributed by atoms with Crippen molar-refractivity contribution in [2.45, 2.75) is 13.0 Å². The molecule has 0 aliphatic rings. The molecule has 0 fully saturated rings. The second-order valence-corrected chi connectivity index (χ2v) is 3.63. The Labute approximate surface area is 89.4 Å². The van der Waals surface area contributed by atoms with Gasteiger partial charge in [0.25, 0.3) is 0 Å². The van der Waals surface area contributed by atoms with Gasteiger partial charge in [-0.15, -0.1) is 6.58 Å². The van der Waals surface area contributed by atoms with Crippen LogP contribution < -0.4 is 5.73 Å². The molecule has 1 unspecified atom stereocenters. The Hall–Kier alpha value is -1.67. The second-order valence-electron chi connectivity index (χ2n) is 3.63. The second kappa shape index (κ2) is 3.83. The highest BCUT2D eigenvalue weighted by Gasteiger charge is 2.07. The minimum atomic E-state index is -0.128. The Bertz CT molecular complexity index is 503. The summed E-state index contributed by atoms with van der Waals surface area (Å²) in [7, 11) is 0. The molecule has 0 saturated heterocycles. The number of aryl methyl sites for hydroxylation is 1. The van der Waals surface area contributed by atoms with Crippen LogP contribution in [0.3, 0.4) is 0 Å². The molecule has 1 heterocycles. The van der Waals surface area contributed by atoms with E-state index in [1.807, 2.05) is 37.3 Å². The molecule has 76 valence electrons. The van der Waals surface area contributed by atoms with Crippen molar-refractivity contribution >= 4 is 10.9 Å². The minimum absolute atomic E-state index is 0.128. The predicted octanol–water partition coefficient (Wildman–Crippen LogP) is 2.73. The maximum Gasteiger partial charge on any atom is 0.0708 e. The summed E-state index contributed by atoms with van der Waals surface area (Å²) < 4.78 is 0. The third-order valence-electron chi connectivity index (χ3n) is 2.49. The molecule has 2 nitrogen and oxygen atoms in total. The van der Waals surface area contributed by atoms with E-state index >= 15 is 0 Å². The summed E-state index contributed by atoms with van der Waals surface area (Å²) in [6.45, 7) is 5.71. The summed E-state index contributed by atoms with van der Waals surface area (Å²) in [5.74, 6) is 0. The molecule has 0 spiro atoms. The van der Waals surface area contributed by atoms with Gasteiger partial charge in [-0.2, -0.15) is 0 Å². The van der Waals surface area contributed by atoms with Gasteiger partial charge in [-0.3, -0.25) is 4.98 Å². The first-order valence-electron chi connectivity index (χ1n) is 4.97. The fourth-order valence-electron chi connectivity index (χ4n) is 1.74. The average Bonchev–Trinajstić information content (AvgIpc) is 2.26. The molecule has 0 aliphatic heterocycles. The fourth-order valence-corrected chi connectivity index (χ4v) is 1.74. The molecule has 0 bridgehead atoms. The van der Waals surface area contributed by atoms with E-state index in [1.165, 1.54) is 0 Å². The van der Waals surface area contributed by atoms with Crippen LogP contribution in [0.15, 0.2) is 43.0 Å². The number of aromatic nitrogens is 1. The van der Waals surface area contributed by atoms with Crippen LogP contribution in [0.1, 0.15) is 17.3 Å². The van der Waals surface area contributed by atoms with Crippen LogP contribution >= 0.6 is 0 Å². The fraction of sp³-hybridized carbons (Fsp3) is 0.154. The van der Waals surface area contributed by atoms with Gasteiger partial charge in [0.05, 0.1) is 5.52 Å². The van der Waals surface area contributed by atoms with E-state index in [9.17, 15) is 0 Å². The quantitative estimate of drug-likeness (QED) is 0.753. The standard InChI is InChI=1S/C13H14N2/c1-3-12(14)11-8-9(2)15-13-7-5-4-6-10(11)13/h3-8,12H,1,14H2,2H3. The molecule has 1 aromatic carbocycles. The van der Waals surface area contributed by atoms with Crippen molar-refractivity contribution in [3.63, 3.8) is 0 Å². The highest BCUT2D eigenvalue weighted by Crippen LogP contribution is 2.23. The Balaban J connectivity index is 2.76. The lowest BCUT2D eigenvalue weighted by Gasteiger charge is -2.11. The van der Waals surface area contributed by atoms with Crippen LogP contribution in [0, 0.1) is 6.92 Å². The number of nitrogens with two attached hydrogens (primary N) is 1. The topological polar surface area (TPSA) is 38.9 Å². The number of benzene rings is 1. The average molecular weight is 198 g/mol. The highest BCUT2D eigenvalue weighted by molar-refractivity contribution is 5.83. The van der Waals surface area contributed by atoms with Crippen LogP contribution in [0.2, 0.25) is 0 Å². The van der Waals surface area contributed by atoms with Gasteiger partial charge in [0.2, 0.25) is 0 Å². The molecule has 15 heavy (non-hydrogen) atoms. The van der Waals surface area contributed by atoms with Crippen LogP contribution in [-0.4, -0.2) is 4.98 Å². The molecule has 0 aliphatic carbocycles. The number of nitrogens with zero attached hydrogens (tertiary/aromatic N) is 1. The summed E-state index contributed by atoms with van der Waals surface area (Å²) >= 11 is 0. The Morgan fingerprint density at radius 2 is 2.13 bits per heavy atom. The van der Waals surface area contributed by atoms with Gasteiger partial charge in [0.1, 0.15) is 0 Å². The Morgan fingerprint density at radius 3 is 2.87 bits per heavy atom. The van der Waals surface area contributed by atoms with Crippen molar-refractivity contribution in [3.05, 3.63) is 54.2 Å². The summed E-state index contributed by atoms with van der Waals surface area (Å²) in [4.78, 5) is 4.46. The lowest BCUT2D eigenvalue weighted by Crippen LogP contribution is -2.08. The zero-order valence-corrected chi connectivity index (χ0v) is 8.77. The van der Waals surface area contributed by atoms with Gasteiger partial charge in [0, 0.05) is 17.1 Å². The molecule has 2 heteroatoms. The third kappa shape index (κ3) is 1.76. The largest absolute Gasteiger partial charge is 0.321 e. The van der Waals surface area contributed by atoms with Gasteiger partial charge in [-0.1, -0.05) is 24.3 Å². The van der Waals surface area contributed by atoms with Crippen LogP contribution in [-0.2, 0) is 0 Å². The summed E-state index contributed by atoms with van der Waals surface area (Å²) in [6, 6.07) is 9.92. The first kappa shape index (κ1) is 9.87. The summed E-state index contributed by atoms with van der Waals surface area (Å²) in [5, 5.41) is 1.11. The molecular weight excluding hydrogens is 184 g/mol. The van der Waals surface area contributed by atoms with Crippen molar-refractivity contribution in [2.24, 2.45) is 5.73 Å². The van der Waals surface area contributed by atoms with E-state index < -0.39 is 0 Å². The van der Waals surface area contributed by atoms with Crippen molar-refractivity contribution in [3.8, 4) is 0 Å². The maximum absolute atomic E-state index is 5.98. The number of rotatable bonds is 2. The normalized spacial score (nSPS) is 12.7. The van der Waals surface area contributed by atoms with E-state index in [-0.39, 0.29) is 6.04 Å². The van der Waals surface area contributed by atoms with Gasteiger partial charge in [-0.25, -0.2) is 0 Å². The Kier molecular flexibility index (Phi) is 2.52. The molecule has 2 aromatic rings. The molecule has 2 N–H and O–H groups in total. The molecule has 2 rings (SSSR count). The zero-order chi connectivity index (χ0) is 10.8. The molecule has 0 radical (unpaired) electrons. The molecule has 1 aromatic heterocycles. The highest BCUT2D eigenvalue weighted by atomic mass is 14.7. The van der Waals surface area contributed by atoms with Crippen LogP contribution in [0.5, 0.6) is 0 Å². The van der Waals surface area contributed by atoms with Gasteiger partial charge in [-0.05, 0) is 24.6 Å². The number of hydrogen-bond acceptors (Lipinski definition) is 2. The molecule has 1 atom stereocenters. The van der Waals surface area contributed by atoms with Gasteiger partial charge < -0.3 is 5.73 Å². The van der Waals surface area contributed by atoms with Crippen molar-refractivity contribution in [1.29, 1.82) is 0 Å². The minimum Gasteiger partial charge on any atom is -0.321 e. The van der Waals surface area contributed by atoms with Crippen molar-refractivity contribution < 1.29 is 0 Å². The number of para-hydroxylation sites is 1. The van der Waals surface area contributed by atoms with E-state index in [0.29, 0.717) is 0 Å². The lowest BCUT2D eigenvalue weighted by molar-refractivity contribution is 0.919. The van der Waals surface area contributed by atoms with Crippen LogP contribution in [0.25, 0.3) is 10.9 Å². The summed E-state index contributed by atoms with van der Waals surface area (Å²) in [5.41, 5.74) is 9.05. The third-order valence-corrected chi connectivity index (χ3v) is 2.49. The van der Waals surface area contributed by atoms with E-state index in [1.54, 1.807) is 6.08 Å². The van der Waals surface area contributed by atoms with Crippen LogP contribution in [0.4, 0.5) is 0 Å². The zero-order valence-electron chi connectivity index (χ0n) is 8.77. The first-order chi connectivity index (χ1) is 7.22. The lowest BCUT2D eigenvalue weighted by atomic mass is 10.0. The first-order valence-corrected chi connectivity index (χ1v) is 4.97. The number of fused-ring (bicyclic) bond motifs is 1. The Morgan fingerprint density at radius 1 is 1.40 bits per heavy atom. The van der Waals surface area contributed by atoms with E-state index in [0.717, 1.165) is 22.2 Å². The van der Waals surface area contributed by atoms with Gasteiger partial charge >= 0.3 is 0 Å². The van der Waals surface area contributed by atoms with Crippen molar-refractivity contribution in [1.82, 2.24) is 4.98 Å². The SMILES string of the molecule is C=CC(N)c1cc(C)nc2ccccc12. The smallest absolute Gasteiger partial charge is 0.0708 e. The van der Waals surface area contributed by atoms with Gasteiger partial charge in [0.15, 0.2) is 0 Å². The summed E-state index contributed by atoms with van der Waals surface area (Å²) in [6.07, 6.45) is 1.75.